The van der Waals surface area contributed by atoms with E-state index in [0.29, 0.717) is 0 Å². The van der Waals surface area contributed by atoms with E-state index in [9.17, 15) is 14.0 Å². The second-order valence-electron chi connectivity index (χ2n) is 4.31. The van der Waals surface area contributed by atoms with Gasteiger partial charge < -0.3 is 9.15 Å². The molecule has 1 N–H and O–H groups in total. The highest BCUT2D eigenvalue weighted by Gasteiger charge is 2.25. The molecule has 0 bridgehead atoms. The van der Waals surface area contributed by atoms with E-state index in [2.05, 4.69) is 10.1 Å². The Labute approximate surface area is 125 Å². The number of carbonyl (C=O) groups excluding carboxylic acids is 2. The summed E-state index contributed by atoms with van der Waals surface area (Å²) in [6.07, 6.45) is 0. The number of anilines is 1. The molecule has 1 aromatic heterocycles. The number of hydrogen-bond donors (Lipinski definition) is 1. The van der Waals surface area contributed by atoms with E-state index >= 15 is 0 Å². The minimum atomic E-state index is -0.746. The number of benzene rings is 1. The van der Waals surface area contributed by atoms with Crippen molar-refractivity contribution in [3.05, 3.63) is 52.5 Å². The average molecular weight is 302 g/mol. The Morgan fingerprint density at radius 3 is 2.73 bits per heavy atom. The van der Waals surface area contributed by atoms with Crippen LogP contribution in [-0.2, 0) is 4.74 Å². The SMILES string of the molecule is COC(=O)c1c(C)oc(NC(=O)c2cccc(F)c2)c1C#N. The summed E-state index contributed by atoms with van der Waals surface area (Å²) in [5.41, 5.74) is -0.147. The van der Waals surface area contributed by atoms with Crippen molar-refractivity contribution in [1.82, 2.24) is 0 Å². The van der Waals surface area contributed by atoms with Gasteiger partial charge in [-0.3, -0.25) is 10.1 Å². The highest BCUT2D eigenvalue weighted by atomic mass is 19.1. The van der Waals surface area contributed by atoms with Crippen LogP contribution < -0.4 is 5.32 Å². The first-order valence-corrected chi connectivity index (χ1v) is 6.16. The number of esters is 1. The van der Waals surface area contributed by atoms with Crippen LogP contribution in [0.2, 0.25) is 0 Å². The molecule has 0 aliphatic carbocycles. The van der Waals surface area contributed by atoms with E-state index in [1.807, 2.05) is 0 Å². The van der Waals surface area contributed by atoms with Gasteiger partial charge in [0, 0.05) is 5.56 Å². The molecular formula is C15H11FN2O4. The molecule has 1 aromatic carbocycles. The Balaban J connectivity index is 2.37. The first-order valence-electron chi connectivity index (χ1n) is 6.16. The third kappa shape index (κ3) is 2.81. The fourth-order valence-corrected chi connectivity index (χ4v) is 1.89. The van der Waals surface area contributed by atoms with E-state index in [-0.39, 0.29) is 28.3 Å². The minimum Gasteiger partial charge on any atom is -0.465 e. The molecule has 0 radical (unpaired) electrons. The Morgan fingerprint density at radius 2 is 2.14 bits per heavy atom. The Kier molecular flexibility index (Phi) is 4.23. The predicted octanol–water partition coefficient (Wildman–Crippen LogP) is 2.64. The van der Waals surface area contributed by atoms with Crippen LogP contribution in [0.1, 0.15) is 32.0 Å². The lowest BCUT2D eigenvalue weighted by atomic mass is 10.1. The summed E-state index contributed by atoms with van der Waals surface area (Å²) in [5, 5.41) is 11.5. The van der Waals surface area contributed by atoms with Crippen LogP contribution in [0.5, 0.6) is 0 Å². The third-order valence-corrected chi connectivity index (χ3v) is 2.90. The Bertz CT molecular complexity index is 789. The van der Waals surface area contributed by atoms with Gasteiger partial charge in [0.15, 0.2) is 0 Å². The fraction of sp³-hybridized carbons (Fsp3) is 0.133. The largest absolute Gasteiger partial charge is 0.465 e. The number of halogens is 1. The highest BCUT2D eigenvalue weighted by Crippen LogP contribution is 2.27. The van der Waals surface area contributed by atoms with Crippen molar-refractivity contribution in [3.63, 3.8) is 0 Å². The number of hydrogen-bond acceptors (Lipinski definition) is 5. The molecule has 0 aliphatic heterocycles. The number of rotatable bonds is 3. The van der Waals surface area contributed by atoms with Crippen LogP contribution in [-0.4, -0.2) is 19.0 Å². The maximum Gasteiger partial charge on any atom is 0.342 e. The Morgan fingerprint density at radius 1 is 1.41 bits per heavy atom. The van der Waals surface area contributed by atoms with Crippen LogP contribution in [0.3, 0.4) is 0 Å². The van der Waals surface area contributed by atoms with Gasteiger partial charge in [-0.2, -0.15) is 5.26 Å². The van der Waals surface area contributed by atoms with Crippen LogP contribution in [0, 0.1) is 24.1 Å². The van der Waals surface area contributed by atoms with Gasteiger partial charge in [-0.05, 0) is 25.1 Å². The number of methoxy groups -OCH3 is 1. The smallest absolute Gasteiger partial charge is 0.342 e. The summed E-state index contributed by atoms with van der Waals surface area (Å²) in [6, 6.07) is 6.81. The summed E-state index contributed by atoms with van der Waals surface area (Å²) in [5.74, 6) is -2.03. The van der Waals surface area contributed by atoms with Gasteiger partial charge in [0.1, 0.15) is 28.8 Å². The number of ether oxygens (including phenoxy) is 1. The predicted molar refractivity (Wildman–Crippen MR) is 73.9 cm³/mol. The molecule has 1 heterocycles. The Hall–Kier alpha value is -3.14. The van der Waals surface area contributed by atoms with Crippen LogP contribution in [0.4, 0.5) is 10.3 Å². The molecule has 0 unspecified atom stereocenters. The van der Waals surface area contributed by atoms with Crippen LogP contribution in [0.15, 0.2) is 28.7 Å². The second kappa shape index (κ2) is 6.10. The molecule has 2 rings (SSSR count). The van der Waals surface area contributed by atoms with Gasteiger partial charge in [-0.1, -0.05) is 6.07 Å². The maximum absolute atomic E-state index is 13.1. The monoisotopic (exact) mass is 302 g/mol. The summed E-state index contributed by atoms with van der Waals surface area (Å²) in [4.78, 5) is 23.7. The number of nitriles is 1. The summed E-state index contributed by atoms with van der Waals surface area (Å²) >= 11 is 0. The van der Waals surface area contributed by atoms with Crippen molar-refractivity contribution in [3.8, 4) is 6.07 Å². The van der Waals surface area contributed by atoms with Crippen molar-refractivity contribution in [2.75, 3.05) is 12.4 Å². The standard InChI is InChI=1S/C15H11FN2O4/c1-8-12(15(20)21-2)11(7-17)14(22-8)18-13(19)9-4-3-5-10(16)6-9/h3-6H,1-2H3,(H,18,19). The first-order chi connectivity index (χ1) is 10.5. The zero-order valence-electron chi connectivity index (χ0n) is 11.8. The second-order valence-corrected chi connectivity index (χ2v) is 4.31. The molecule has 1 amide bonds. The molecule has 0 aliphatic rings. The first kappa shape index (κ1) is 15.3. The van der Waals surface area contributed by atoms with Crippen molar-refractivity contribution in [1.29, 1.82) is 5.26 Å². The number of carbonyl (C=O) groups is 2. The summed E-state index contributed by atoms with van der Waals surface area (Å²) < 4.78 is 22.9. The van der Waals surface area contributed by atoms with Gasteiger partial charge in [-0.25, -0.2) is 9.18 Å². The molecule has 0 spiro atoms. The number of amides is 1. The molecule has 0 fully saturated rings. The van der Waals surface area contributed by atoms with E-state index in [4.69, 9.17) is 9.68 Å². The number of aryl methyl sites for hydroxylation is 1. The van der Waals surface area contributed by atoms with Gasteiger partial charge in [0.05, 0.1) is 7.11 Å². The molecule has 112 valence electrons. The fourth-order valence-electron chi connectivity index (χ4n) is 1.89. The van der Waals surface area contributed by atoms with E-state index < -0.39 is 17.7 Å². The number of nitrogens with zero attached hydrogens (tertiary/aromatic N) is 1. The normalized spacial score (nSPS) is 9.91. The topological polar surface area (TPSA) is 92.3 Å². The van der Waals surface area contributed by atoms with Crippen LogP contribution >= 0.6 is 0 Å². The molecule has 6 nitrogen and oxygen atoms in total. The van der Waals surface area contributed by atoms with Crippen molar-refractivity contribution in [2.24, 2.45) is 0 Å². The lowest BCUT2D eigenvalue weighted by Crippen LogP contribution is -2.13. The molecule has 2 aromatic rings. The number of nitrogens with one attached hydrogen (secondary N) is 1. The molecule has 7 heteroatoms. The molecule has 0 atom stereocenters. The van der Waals surface area contributed by atoms with E-state index in [1.54, 1.807) is 6.07 Å². The lowest BCUT2D eigenvalue weighted by Gasteiger charge is -2.02. The lowest BCUT2D eigenvalue weighted by molar-refractivity contribution is 0.0598. The van der Waals surface area contributed by atoms with E-state index in [0.717, 1.165) is 6.07 Å². The van der Waals surface area contributed by atoms with Gasteiger partial charge >= 0.3 is 5.97 Å². The zero-order valence-corrected chi connectivity index (χ0v) is 11.8. The number of furan rings is 1. The summed E-state index contributed by atoms with van der Waals surface area (Å²) in [6.45, 7) is 1.46. The van der Waals surface area contributed by atoms with Gasteiger partial charge in [0.25, 0.3) is 5.91 Å². The van der Waals surface area contributed by atoms with Crippen molar-refractivity contribution in [2.45, 2.75) is 6.92 Å². The zero-order chi connectivity index (χ0) is 16.3. The summed E-state index contributed by atoms with van der Waals surface area (Å²) in [7, 11) is 1.17. The molecule has 0 saturated heterocycles. The quantitative estimate of drug-likeness (QED) is 0.880. The van der Waals surface area contributed by atoms with E-state index in [1.165, 1.54) is 32.2 Å². The average Bonchev–Trinajstić information content (AvgIpc) is 2.81. The van der Waals surface area contributed by atoms with Crippen molar-refractivity contribution < 1.29 is 23.1 Å². The van der Waals surface area contributed by atoms with Gasteiger partial charge in [0.2, 0.25) is 5.88 Å². The maximum atomic E-state index is 13.1. The van der Waals surface area contributed by atoms with Gasteiger partial charge in [-0.15, -0.1) is 0 Å². The molecular weight excluding hydrogens is 291 g/mol. The minimum absolute atomic E-state index is 0.0533. The molecule has 0 saturated carbocycles. The highest BCUT2D eigenvalue weighted by molar-refractivity contribution is 6.05. The van der Waals surface area contributed by atoms with Crippen molar-refractivity contribution >= 4 is 17.8 Å². The molecule has 22 heavy (non-hydrogen) atoms. The third-order valence-electron chi connectivity index (χ3n) is 2.90. The van der Waals surface area contributed by atoms with Crippen LogP contribution in [0.25, 0.3) is 0 Å².